The van der Waals surface area contributed by atoms with Crippen LogP contribution in [0.4, 0.5) is 4.79 Å². The minimum absolute atomic E-state index is 0.0115. The van der Waals surface area contributed by atoms with Gasteiger partial charge in [0, 0.05) is 23.5 Å². The van der Waals surface area contributed by atoms with Gasteiger partial charge < -0.3 is 9.64 Å². The van der Waals surface area contributed by atoms with E-state index in [1.165, 1.54) is 0 Å². The second-order valence-corrected chi connectivity index (χ2v) is 10.3. The molecule has 1 aromatic heterocycles. The van der Waals surface area contributed by atoms with Crippen LogP contribution in [0, 0.1) is 5.41 Å². The Labute approximate surface area is 177 Å². The van der Waals surface area contributed by atoms with Crippen LogP contribution in [0.1, 0.15) is 68.1 Å². The van der Waals surface area contributed by atoms with Crippen molar-refractivity contribution in [1.82, 2.24) is 4.90 Å². The number of nitrogens with zero attached hydrogens (tertiary/aromatic N) is 1. The molecule has 0 N–H and O–H groups in total. The second kappa shape index (κ2) is 8.70. The van der Waals surface area contributed by atoms with Gasteiger partial charge in [-0.25, -0.2) is 4.79 Å². The SMILES string of the molecule is CC1(CC(C(=O)c2ccccc2)c2cccs2)CCN(C(=O)OC(C)(C)C)CC1. The molecule has 0 bridgehead atoms. The Hall–Kier alpha value is -2.14. The van der Waals surface area contributed by atoms with Gasteiger partial charge in [0.1, 0.15) is 5.60 Å². The summed E-state index contributed by atoms with van der Waals surface area (Å²) in [4.78, 5) is 28.6. The molecule has 4 nitrogen and oxygen atoms in total. The standard InChI is InChI=1S/C24H31NO3S/c1-23(2,3)28-22(27)25-14-12-24(4,13-15-25)17-19(20-11-8-16-29-20)21(26)18-9-6-5-7-10-18/h5-11,16,19H,12-15,17H2,1-4H3. The number of ketones is 1. The van der Waals surface area contributed by atoms with Gasteiger partial charge in [-0.1, -0.05) is 43.3 Å². The summed E-state index contributed by atoms with van der Waals surface area (Å²) in [5.41, 5.74) is 0.294. The first kappa shape index (κ1) is 21.6. The Morgan fingerprint density at radius 3 is 2.31 bits per heavy atom. The summed E-state index contributed by atoms with van der Waals surface area (Å²) in [5, 5.41) is 2.04. The molecule has 1 amide bonds. The molecule has 1 unspecified atom stereocenters. The van der Waals surface area contributed by atoms with Gasteiger partial charge in [0.2, 0.25) is 0 Å². The summed E-state index contributed by atoms with van der Waals surface area (Å²) < 4.78 is 5.52. The van der Waals surface area contributed by atoms with Crippen LogP contribution in [0.15, 0.2) is 47.8 Å². The Morgan fingerprint density at radius 1 is 1.10 bits per heavy atom. The van der Waals surface area contributed by atoms with Crippen LogP contribution >= 0.6 is 11.3 Å². The molecule has 5 heteroatoms. The zero-order valence-electron chi connectivity index (χ0n) is 17.8. The number of carbonyl (C=O) groups excluding carboxylic acids is 2. The average molecular weight is 414 g/mol. The number of thiophene rings is 1. The average Bonchev–Trinajstić information content (AvgIpc) is 3.20. The second-order valence-electron chi connectivity index (χ2n) is 9.28. The van der Waals surface area contributed by atoms with Crippen molar-refractivity contribution in [3.63, 3.8) is 0 Å². The van der Waals surface area contributed by atoms with Gasteiger partial charge in [-0.15, -0.1) is 11.3 Å². The molecule has 1 aliphatic rings. The van der Waals surface area contributed by atoms with Gasteiger partial charge in [-0.3, -0.25) is 4.79 Å². The molecule has 2 aromatic rings. The van der Waals surface area contributed by atoms with E-state index in [2.05, 4.69) is 13.0 Å². The lowest BCUT2D eigenvalue weighted by atomic mass is 9.72. The lowest BCUT2D eigenvalue weighted by Gasteiger charge is -2.41. The Kier molecular flexibility index (Phi) is 6.47. The van der Waals surface area contributed by atoms with E-state index in [-0.39, 0.29) is 23.2 Å². The van der Waals surface area contributed by atoms with Gasteiger partial charge in [-0.05, 0) is 56.9 Å². The van der Waals surface area contributed by atoms with Crippen LogP contribution in [0.25, 0.3) is 0 Å². The molecule has 0 radical (unpaired) electrons. The molecule has 1 aromatic carbocycles. The number of piperidine rings is 1. The minimum Gasteiger partial charge on any atom is -0.444 e. The minimum atomic E-state index is -0.482. The number of benzene rings is 1. The monoisotopic (exact) mass is 413 g/mol. The Bertz CT molecular complexity index is 816. The fourth-order valence-corrected chi connectivity index (χ4v) is 4.69. The van der Waals surface area contributed by atoms with Crippen molar-refractivity contribution in [3.05, 3.63) is 58.3 Å². The molecule has 3 rings (SSSR count). The first-order valence-corrected chi connectivity index (χ1v) is 11.2. The maximum atomic E-state index is 13.3. The number of Topliss-reactive ketones (excluding diaryl/α,β-unsaturated/α-hetero) is 1. The van der Waals surface area contributed by atoms with Gasteiger partial charge in [0.15, 0.2) is 5.78 Å². The maximum Gasteiger partial charge on any atom is 0.410 e. The van der Waals surface area contributed by atoms with Crippen LogP contribution in [0.5, 0.6) is 0 Å². The van der Waals surface area contributed by atoms with Crippen LogP contribution < -0.4 is 0 Å². The molecular weight excluding hydrogens is 382 g/mol. The van der Waals surface area contributed by atoms with E-state index < -0.39 is 5.60 Å². The molecule has 156 valence electrons. The predicted octanol–water partition coefficient (Wildman–Crippen LogP) is 6.14. The summed E-state index contributed by atoms with van der Waals surface area (Å²) in [6.45, 7) is 9.25. The Morgan fingerprint density at radius 2 is 1.76 bits per heavy atom. The third-order valence-electron chi connectivity index (χ3n) is 5.58. The molecule has 1 atom stereocenters. The van der Waals surface area contributed by atoms with E-state index in [0.717, 1.165) is 29.7 Å². The molecule has 0 saturated carbocycles. The largest absolute Gasteiger partial charge is 0.444 e. The first-order chi connectivity index (χ1) is 13.7. The predicted molar refractivity (Wildman–Crippen MR) is 118 cm³/mol. The molecule has 1 saturated heterocycles. The first-order valence-electron chi connectivity index (χ1n) is 10.3. The fraction of sp³-hybridized carbons (Fsp3) is 0.500. The lowest BCUT2D eigenvalue weighted by Crippen LogP contribution is -2.45. The molecular formula is C24H31NO3S. The number of amides is 1. The highest BCUT2D eigenvalue weighted by Gasteiger charge is 2.38. The van der Waals surface area contributed by atoms with Crippen molar-refractivity contribution in [3.8, 4) is 0 Å². The summed E-state index contributed by atoms with van der Waals surface area (Å²) >= 11 is 1.65. The smallest absolute Gasteiger partial charge is 0.410 e. The van der Waals surface area contributed by atoms with Crippen LogP contribution in [-0.4, -0.2) is 35.5 Å². The lowest BCUT2D eigenvalue weighted by molar-refractivity contribution is 0.0103. The quantitative estimate of drug-likeness (QED) is 0.553. The number of hydrogen-bond donors (Lipinski definition) is 0. The van der Waals surface area contributed by atoms with Gasteiger partial charge in [0.25, 0.3) is 0 Å². The van der Waals surface area contributed by atoms with Gasteiger partial charge in [-0.2, -0.15) is 0 Å². The number of rotatable bonds is 5. The summed E-state index contributed by atoms with van der Waals surface area (Å²) in [7, 11) is 0. The number of carbonyl (C=O) groups is 2. The van der Waals surface area contributed by atoms with E-state index in [0.29, 0.717) is 13.1 Å². The molecule has 0 aliphatic carbocycles. The van der Waals surface area contributed by atoms with Crippen molar-refractivity contribution < 1.29 is 14.3 Å². The molecule has 29 heavy (non-hydrogen) atoms. The Balaban J connectivity index is 1.70. The highest BCUT2D eigenvalue weighted by molar-refractivity contribution is 7.10. The highest BCUT2D eigenvalue weighted by atomic mass is 32.1. The normalized spacial score (nSPS) is 17.6. The van der Waals surface area contributed by atoms with E-state index >= 15 is 0 Å². The molecule has 1 fully saturated rings. The topological polar surface area (TPSA) is 46.6 Å². The van der Waals surface area contributed by atoms with E-state index in [9.17, 15) is 9.59 Å². The third-order valence-corrected chi connectivity index (χ3v) is 6.57. The number of likely N-dealkylation sites (tertiary alicyclic amines) is 1. The number of ether oxygens (including phenoxy) is 1. The van der Waals surface area contributed by atoms with Crippen molar-refractivity contribution in [2.75, 3.05) is 13.1 Å². The molecule has 2 heterocycles. The van der Waals surface area contributed by atoms with Gasteiger partial charge in [0.05, 0.1) is 5.92 Å². The molecule has 0 spiro atoms. The van der Waals surface area contributed by atoms with Crippen LogP contribution in [-0.2, 0) is 4.74 Å². The van der Waals surface area contributed by atoms with Crippen molar-refractivity contribution in [1.29, 1.82) is 0 Å². The van der Waals surface area contributed by atoms with Crippen molar-refractivity contribution >= 4 is 23.2 Å². The fourth-order valence-electron chi connectivity index (χ4n) is 3.87. The maximum absolute atomic E-state index is 13.3. The van der Waals surface area contributed by atoms with Crippen LogP contribution in [0.2, 0.25) is 0 Å². The van der Waals surface area contributed by atoms with Crippen molar-refractivity contribution in [2.45, 2.75) is 58.5 Å². The van der Waals surface area contributed by atoms with Crippen molar-refractivity contribution in [2.24, 2.45) is 5.41 Å². The third kappa shape index (κ3) is 5.69. The zero-order valence-corrected chi connectivity index (χ0v) is 18.6. The molecule has 1 aliphatic heterocycles. The summed E-state index contributed by atoms with van der Waals surface area (Å²) in [6.07, 6.45) is 2.30. The number of hydrogen-bond acceptors (Lipinski definition) is 4. The summed E-state index contributed by atoms with van der Waals surface area (Å²) in [6, 6.07) is 13.6. The summed E-state index contributed by atoms with van der Waals surface area (Å²) in [5.74, 6) is 0.0410. The van der Waals surface area contributed by atoms with E-state index in [1.807, 2.05) is 62.5 Å². The zero-order chi connectivity index (χ0) is 21.1. The highest BCUT2D eigenvalue weighted by Crippen LogP contribution is 2.42. The van der Waals surface area contributed by atoms with E-state index in [4.69, 9.17) is 4.74 Å². The van der Waals surface area contributed by atoms with Gasteiger partial charge >= 0.3 is 6.09 Å². The van der Waals surface area contributed by atoms with E-state index in [1.54, 1.807) is 16.2 Å². The van der Waals surface area contributed by atoms with Crippen LogP contribution in [0.3, 0.4) is 0 Å².